The maximum atomic E-state index is 13.9. The van der Waals surface area contributed by atoms with Crippen LogP contribution in [0.1, 0.15) is 43.6 Å². The molecule has 176 valence electrons. The fourth-order valence-electron chi connectivity index (χ4n) is 4.65. The molecule has 2 heterocycles. The van der Waals surface area contributed by atoms with Gasteiger partial charge < -0.3 is 28.4 Å². The standard InChI is InChI=1S/C26H30O7/c1-25(2)16(9-14-10-19(28-5)21(30-7)12-17(14)32-25)23-24(27)15-11-20(29-6)22(31-8)13-18(15)33-26(23,3)4/h9-13,23H,1-8H3. The van der Waals surface area contributed by atoms with E-state index in [1.54, 1.807) is 46.6 Å². The van der Waals surface area contributed by atoms with E-state index >= 15 is 0 Å². The minimum Gasteiger partial charge on any atom is -0.493 e. The Morgan fingerprint density at radius 1 is 0.727 bits per heavy atom. The van der Waals surface area contributed by atoms with Gasteiger partial charge in [-0.05, 0) is 51.5 Å². The lowest BCUT2D eigenvalue weighted by Gasteiger charge is -2.45. The molecule has 7 heteroatoms. The van der Waals surface area contributed by atoms with Crippen molar-refractivity contribution in [3.8, 4) is 34.5 Å². The first-order valence-electron chi connectivity index (χ1n) is 10.7. The Labute approximate surface area is 194 Å². The minimum atomic E-state index is -0.829. The van der Waals surface area contributed by atoms with Crippen LogP contribution in [0, 0.1) is 5.92 Å². The molecule has 0 N–H and O–H groups in total. The normalized spacial score (nSPS) is 19.8. The molecule has 0 saturated carbocycles. The summed E-state index contributed by atoms with van der Waals surface area (Å²) in [7, 11) is 6.26. The first-order valence-corrected chi connectivity index (χ1v) is 10.7. The summed E-state index contributed by atoms with van der Waals surface area (Å²) in [6.07, 6.45) is 2.00. The number of ketones is 1. The van der Waals surface area contributed by atoms with Crippen LogP contribution in [0.2, 0.25) is 0 Å². The summed E-state index contributed by atoms with van der Waals surface area (Å²) in [5.74, 6) is 2.64. The second-order valence-corrected chi connectivity index (χ2v) is 9.16. The molecule has 1 atom stereocenters. The Bertz CT molecular complexity index is 1140. The van der Waals surface area contributed by atoms with Crippen LogP contribution in [-0.4, -0.2) is 45.4 Å². The van der Waals surface area contributed by atoms with Crippen LogP contribution in [0.4, 0.5) is 0 Å². The van der Waals surface area contributed by atoms with Crippen molar-refractivity contribution in [3.05, 3.63) is 41.0 Å². The summed E-state index contributed by atoms with van der Waals surface area (Å²) in [6.45, 7) is 7.73. The van der Waals surface area contributed by atoms with Crippen molar-refractivity contribution in [2.75, 3.05) is 28.4 Å². The summed E-state index contributed by atoms with van der Waals surface area (Å²) in [4.78, 5) is 13.9. The molecule has 0 bridgehead atoms. The number of hydrogen-bond donors (Lipinski definition) is 0. The largest absolute Gasteiger partial charge is 0.493 e. The van der Waals surface area contributed by atoms with Crippen molar-refractivity contribution < 1.29 is 33.2 Å². The van der Waals surface area contributed by atoms with E-state index in [4.69, 9.17) is 28.4 Å². The molecule has 4 rings (SSSR count). The fourth-order valence-corrected chi connectivity index (χ4v) is 4.65. The smallest absolute Gasteiger partial charge is 0.178 e. The fraction of sp³-hybridized carbons (Fsp3) is 0.423. The van der Waals surface area contributed by atoms with Crippen LogP contribution in [0.5, 0.6) is 34.5 Å². The van der Waals surface area contributed by atoms with Crippen molar-refractivity contribution in [3.63, 3.8) is 0 Å². The average Bonchev–Trinajstić information content (AvgIpc) is 2.76. The van der Waals surface area contributed by atoms with Crippen molar-refractivity contribution in [1.82, 2.24) is 0 Å². The Balaban J connectivity index is 1.87. The maximum absolute atomic E-state index is 13.9. The van der Waals surface area contributed by atoms with Gasteiger partial charge in [0.05, 0.1) is 39.9 Å². The number of carbonyl (C=O) groups excluding carboxylic acids is 1. The number of ether oxygens (including phenoxy) is 6. The van der Waals surface area contributed by atoms with Crippen LogP contribution in [0.15, 0.2) is 29.8 Å². The van der Waals surface area contributed by atoms with Crippen LogP contribution in [0.25, 0.3) is 6.08 Å². The molecule has 1 unspecified atom stereocenters. The molecule has 0 aliphatic carbocycles. The number of fused-ring (bicyclic) bond motifs is 2. The minimum absolute atomic E-state index is 0.0611. The zero-order valence-corrected chi connectivity index (χ0v) is 20.3. The average molecular weight is 455 g/mol. The van der Waals surface area contributed by atoms with E-state index in [2.05, 4.69) is 0 Å². The zero-order valence-electron chi connectivity index (χ0n) is 20.3. The second kappa shape index (κ2) is 7.90. The quantitative estimate of drug-likeness (QED) is 0.633. The highest BCUT2D eigenvalue weighted by atomic mass is 16.5. The van der Waals surface area contributed by atoms with E-state index in [1.165, 1.54) is 0 Å². The molecular formula is C26H30O7. The van der Waals surface area contributed by atoms with Gasteiger partial charge in [0.15, 0.2) is 28.8 Å². The summed E-state index contributed by atoms with van der Waals surface area (Å²) >= 11 is 0. The Morgan fingerprint density at radius 3 is 1.82 bits per heavy atom. The highest BCUT2D eigenvalue weighted by molar-refractivity contribution is 6.05. The van der Waals surface area contributed by atoms with Gasteiger partial charge in [0.2, 0.25) is 0 Å². The molecule has 0 amide bonds. The van der Waals surface area contributed by atoms with Crippen LogP contribution >= 0.6 is 0 Å². The van der Waals surface area contributed by atoms with E-state index in [9.17, 15) is 4.79 Å². The molecule has 0 radical (unpaired) electrons. The molecule has 7 nitrogen and oxygen atoms in total. The summed E-state index contributed by atoms with van der Waals surface area (Å²) < 4.78 is 34.4. The highest BCUT2D eigenvalue weighted by Crippen LogP contribution is 2.50. The van der Waals surface area contributed by atoms with E-state index in [1.807, 2.05) is 39.8 Å². The van der Waals surface area contributed by atoms with Crippen molar-refractivity contribution in [1.29, 1.82) is 0 Å². The molecule has 0 fully saturated rings. The number of hydrogen-bond acceptors (Lipinski definition) is 7. The monoisotopic (exact) mass is 454 g/mol. The van der Waals surface area contributed by atoms with Gasteiger partial charge in [-0.2, -0.15) is 0 Å². The van der Waals surface area contributed by atoms with Gasteiger partial charge in [-0.15, -0.1) is 0 Å². The SMILES string of the molecule is COc1cc2c(cc1OC)OC(C)(C)C(C1C(=O)c3cc(OC)c(OC)cc3OC1(C)C)=C2. The molecule has 2 aromatic carbocycles. The van der Waals surface area contributed by atoms with Gasteiger partial charge in [-0.3, -0.25) is 4.79 Å². The Morgan fingerprint density at radius 2 is 1.24 bits per heavy atom. The number of rotatable bonds is 5. The van der Waals surface area contributed by atoms with E-state index in [0.29, 0.717) is 40.1 Å². The molecule has 0 spiro atoms. The number of benzene rings is 2. The number of carbonyl (C=O) groups is 1. The first-order chi connectivity index (χ1) is 15.6. The first kappa shape index (κ1) is 22.8. The summed E-state index contributed by atoms with van der Waals surface area (Å²) in [5.41, 5.74) is 0.486. The van der Waals surface area contributed by atoms with Crippen molar-refractivity contribution >= 4 is 11.9 Å². The van der Waals surface area contributed by atoms with E-state index in [-0.39, 0.29) is 5.78 Å². The third kappa shape index (κ3) is 3.65. The van der Waals surface area contributed by atoms with E-state index < -0.39 is 17.1 Å². The molecule has 33 heavy (non-hydrogen) atoms. The van der Waals surface area contributed by atoms with Crippen molar-refractivity contribution in [2.24, 2.45) is 5.92 Å². The number of methoxy groups -OCH3 is 4. The van der Waals surface area contributed by atoms with Crippen molar-refractivity contribution in [2.45, 2.75) is 38.9 Å². The number of Topliss-reactive ketones (excluding diaryl/α,β-unsaturated/α-hetero) is 1. The third-order valence-corrected chi connectivity index (χ3v) is 6.28. The van der Waals surface area contributed by atoms with E-state index in [0.717, 1.165) is 11.1 Å². The zero-order chi connectivity index (χ0) is 24.1. The highest BCUT2D eigenvalue weighted by Gasteiger charge is 2.50. The van der Waals surface area contributed by atoms with Gasteiger partial charge in [0.1, 0.15) is 22.7 Å². The molecule has 2 aliphatic rings. The maximum Gasteiger partial charge on any atom is 0.178 e. The predicted octanol–water partition coefficient (Wildman–Crippen LogP) is 4.95. The Hall–Kier alpha value is -3.35. The van der Waals surface area contributed by atoms with Gasteiger partial charge >= 0.3 is 0 Å². The summed E-state index contributed by atoms with van der Waals surface area (Å²) in [6, 6.07) is 7.04. The molecule has 0 aromatic heterocycles. The molecule has 2 aliphatic heterocycles. The lowest BCUT2D eigenvalue weighted by atomic mass is 9.70. The van der Waals surface area contributed by atoms with Gasteiger partial charge in [-0.25, -0.2) is 0 Å². The predicted molar refractivity (Wildman–Crippen MR) is 124 cm³/mol. The van der Waals surface area contributed by atoms with Crippen LogP contribution in [-0.2, 0) is 0 Å². The molecule has 0 saturated heterocycles. The Kier molecular flexibility index (Phi) is 5.47. The second-order valence-electron chi connectivity index (χ2n) is 9.16. The molecule has 2 aromatic rings. The third-order valence-electron chi connectivity index (χ3n) is 6.28. The topological polar surface area (TPSA) is 72.5 Å². The lowest BCUT2D eigenvalue weighted by molar-refractivity contribution is 0.0224. The van der Waals surface area contributed by atoms with Gasteiger partial charge in [0, 0.05) is 17.7 Å². The van der Waals surface area contributed by atoms with Gasteiger partial charge in [0.25, 0.3) is 0 Å². The van der Waals surface area contributed by atoms with Crippen LogP contribution in [0.3, 0.4) is 0 Å². The molecular weight excluding hydrogens is 424 g/mol. The van der Waals surface area contributed by atoms with Crippen LogP contribution < -0.4 is 28.4 Å². The lowest BCUT2D eigenvalue weighted by Crippen LogP contribution is -2.52. The summed E-state index contributed by atoms with van der Waals surface area (Å²) in [5, 5.41) is 0. The van der Waals surface area contributed by atoms with Gasteiger partial charge in [-0.1, -0.05) is 0 Å².